The summed E-state index contributed by atoms with van der Waals surface area (Å²) in [5.41, 5.74) is 9.11. The van der Waals surface area contributed by atoms with Gasteiger partial charge in [-0.05, 0) is 140 Å². The van der Waals surface area contributed by atoms with Gasteiger partial charge >= 0.3 is 0 Å². The molecule has 0 heterocycles. The average molecular weight is 717 g/mol. The first kappa shape index (κ1) is 33.4. The summed E-state index contributed by atoms with van der Waals surface area (Å²) >= 11 is 0. The maximum atomic E-state index is 2.37. The maximum Gasteiger partial charge on any atom is 0.0468 e. The summed E-state index contributed by atoms with van der Waals surface area (Å²) in [6, 6.07) is 70.5. The molecule has 0 spiro atoms. The van der Waals surface area contributed by atoms with Gasteiger partial charge in [0.25, 0.3) is 0 Å². The topological polar surface area (TPSA) is 6.48 Å². The second-order valence-electron chi connectivity index (χ2n) is 14.6. The first-order valence-electron chi connectivity index (χ1n) is 19.5. The zero-order chi connectivity index (χ0) is 37.3. The molecule has 0 saturated carbocycles. The van der Waals surface area contributed by atoms with E-state index >= 15 is 0 Å². The van der Waals surface area contributed by atoms with Crippen LogP contribution in [0.15, 0.2) is 194 Å². The molecule has 0 fully saturated rings. The quantitative estimate of drug-likeness (QED) is 0.144. The highest BCUT2D eigenvalue weighted by molar-refractivity contribution is 5.93. The normalized spacial score (nSPS) is 12.4. The van der Waals surface area contributed by atoms with E-state index in [1.807, 2.05) is 0 Å². The largest absolute Gasteiger partial charge is 0.310 e. The van der Waals surface area contributed by atoms with Crippen LogP contribution in [0.3, 0.4) is 0 Å². The monoisotopic (exact) mass is 716 g/mol. The van der Waals surface area contributed by atoms with Crippen molar-refractivity contribution in [2.75, 3.05) is 9.80 Å². The third-order valence-corrected chi connectivity index (χ3v) is 11.0. The van der Waals surface area contributed by atoms with Crippen LogP contribution in [-0.4, -0.2) is 0 Å². The van der Waals surface area contributed by atoms with Crippen molar-refractivity contribution in [1.29, 1.82) is 0 Å². The molecule has 9 aromatic rings. The fourth-order valence-corrected chi connectivity index (χ4v) is 8.04. The molecule has 0 N–H and O–H groups in total. The summed E-state index contributed by atoms with van der Waals surface area (Å²) in [6.45, 7) is 0. The van der Waals surface area contributed by atoms with Gasteiger partial charge in [-0.2, -0.15) is 0 Å². The molecule has 0 atom stereocenters. The highest BCUT2D eigenvalue weighted by atomic mass is 15.1. The lowest BCUT2D eigenvalue weighted by Crippen LogP contribution is -2.27. The third kappa shape index (κ3) is 6.63. The summed E-state index contributed by atoms with van der Waals surface area (Å²) in [6.07, 6.45) is 11.3. The molecule has 0 saturated heterocycles. The van der Waals surface area contributed by atoms with Crippen LogP contribution in [0, 0.1) is 0 Å². The summed E-state index contributed by atoms with van der Waals surface area (Å²) in [4.78, 5) is 4.73. The first-order chi connectivity index (χ1) is 27.7. The highest BCUT2D eigenvalue weighted by Gasteiger charge is 2.15. The fraction of sp³-hybridized carbons (Fsp3) is 0.0370. The molecule has 9 aromatic carbocycles. The van der Waals surface area contributed by atoms with E-state index in [9.17, 15) is 0 Å². The zero-order valence-electron chi connectivity index (χ0n) is 31.1. The number of benzene rings is 9. The molecule has 56 heavy (non-hydrogen) atoms. The Morgan fingerprint density at radius 2 is 0.625 bits per heavy atom. The minimum Gasteiger partial charge on any atom is -0.310 e. The van der Waals surface area contributed by atoms with Gasteiger partial charge in [0.05, 0.1) is 0 Å². The second-order valence-corrected chi connectivity index (χ2v) is 14.6. The molecule has 0 aliphatic heterocycles. The summed E-state index contributed by atoms with van der Waals surface area (Å²) in [5.74, 6) is 0. The van der Waals surface area contributed by atoms with Crippen LogP contribution in [0.4, 0.5) is 34.1 Å². The molecule has 266 valence electrons. The molecule has 10 rings (SSSR count). The van der Waals surface area contributed by atoms with Gasteiger partial charge in [0.15, 0.2) is 0 Å². The van der Waals surface area contributed by atoms with E-state index in [0.717, 1.165) is 58.1 Å². The Morgan fingerprint density at radius 3 is 1.05 bits per heavy atom. The molecular formula is C54H40N2. The third-order valence-electron chi connectivity index (χ3n) is 11.0. The molecule has 1 aliphatic rings. The zero-order valence-corrected chi connectivity index (χ0v) is 31.1. The van der Waals surface area contributed by atoms with Crippen LogP contribution in [0.5, 0.6) is 0 Å². The number of hydrogen-bond acceptors (Lipinski definition) is 2. The molecule has 0 bridgehead atoms. The van der Waals surface area contributed by atoms with Crippen LogP contribution in [-0.2, 0) is 0 Å². The van der Waals surface area contributed by atoms with Gasteiger partial charge in [-0.3, -0.25) is 0 Å². The van der Waals surface area contributed by atoms with Crippen molar-refractivity contribution in [3.63, 3.8) is 0 Å². The molecule has 2 heteroatoms. The minimum atomic E-state index is 1.09. The van der Waals surface area contributed by atoms with Crippen molar-refractivity contribution in [3.8, 4) is 0 Å². The van der Waals surface area contributed by atoms with Gasteiger partial charge in [-0.1, -0.05) is 146 Å². The van der Waals surface area contributed by atoms with Gasteiger partial charge < -0.3 is 9.80 Å². The molecule has 0 aromatic heterocycles. The predicted molar refractivity (Wildman–Crippen MR) is 241 cm³/mol. The molecule has 0 radical (unpaired) electrons. The number of hydrogen-bond donors (Lipinski definition) is 0. The Hall–Kier alpha value is -7.16. The van der Waals surface area contributed by atoms with Crippen molar-refractivity contribution in [1.82, 2.24) is 0 Å². The second kappa shape index (κ2) is 14.6. The molecule has 0 unspecified atom stereocenters. The Kier molecular flexibility index (Phi) is 8.70. The predicted octanol–water partition coefficient (Wildman–Crippen LogP) is 13.6. The first-order valence-corrected chi connectivity index (χ1v) is 19.5. The molecule has 2 nitrogen and oxygen atoms in total. The van der Waals surface area contributed by atoms with Crippen molar-refractivity contribution in [2.45, 2.75) is 12.8 Å². The number of anilines is 6. The highest BCUT2D eigenvalue weighted by Crippen LogP contribution is 2.38. The number of fused-ring (bicyclic) bond motifs is 4. The van der Waals surface area contributed by atoms with Crippen molar-refractivity contribution < 1.29 is 0 Å². The van der Waals surface area contributed by atoms with Gasteiger partial charge in [0.1, 0.15) is 0 Å². The van der Waals surface area contributed by atoms with Crippen LogP contribution in [0.1, 0.15) is 24.0 Å². The smallest absolute Gasteiger partial charge is 0.0468 e. The van der Waals surface area contributed by atoms with Crippen LogP contribution in [0.25, 0.3) is 56.6 Å². The van der Waals surface area contributed by atoms with E-state index < -0.39 is 0 Å². The van der Waals surface area contributed by atoms with Crippen molar-refractivity contribution in [3.05, 3.63) is 216 Å². The maximum absolute atomic E-state index is 2.37. The van der Waals surface area contributed by atoms with E-state index in [-0.39, 0.29) is 0 Å². The molecular weight excluding hydrogens is 677 g/mol. The Labute approximate surface area is 327 Å². The van der Waals surface area contributed by atoms with Crippen LogP contribution >= 0.6 is 0 Å². The van der Waals surface area contributed by atoms with E-state index in [0.29, 0.717) is 0 Å². The van der Waals surface area contributed by atoms with Gasteiger partial charge in [-0.15, -0.1) is 0 Å². The Balaban J connectivity index is 0.953. The van der Waals surface area contributed by atoms with Crippen LogP contribution in [0.2, 0.25) is 0 Å². The van der Waals surface area contributed by atoms with Crippen molar-refractivity contribution >= 4 is 90.7 Å². The number of rotatable bonds is 8. The number of nitrogens with zero attached hydrogens (tertiary/aromatic N) is 2. The minimum absolute atomic E-state index is 1.09. The lowest BCUT2D eigenvalue weighted by molar-refractivity contribution is 1.11. The Bertz CT molecular complexity index is 2950. The Morgan fingerprint density at radius 1 is 0.286 bits per heavy atom. The van der Waals surface area contributed by atoms with Gasteiger partial charge in [0, 0.05) is 34.1 Å². The van der Waals surface area contributed by atoms with E-state index in [4.69, 9.17) is 0 Å². The SMILES string of the molecule is C(=Cc1ccc(N(c2ccc3ccccc3c2)c2ccc3ccccc3c2)cc1)c1ccc(N(c2ccc3c(c2)=CCCC=3)c2ccc3ccccc3c2)cc1. The van der Waals surface area contributed by atoms with Crippen molar-refractivity contribution in [2.24, 2.45) is 0 Å². The lowest BCUT2D eigenvalue weighted by atomic mass is 10.0. The van der Waals surface area contributed by atoms with Crippen LogP contribution < -0.4 is 20.2 Å². The average Bonchev–Trinajstić information content (AvgIpc) is 3.26. The van der Waals surface area contributed by atoms with E-state index in [1.54, 1.807) is 0 Å². The lowest BCUT2D eigenvalue weighted by Gasteiger charge is -2.26. The molecule has 1 aliphatic carbocycles. The van der Waals surface area contributed by atoms with E-state index in [1.165, 1.54) is 42.8 Å². The van der Waals surface area contributed by atoms with E-state index in [2.05, 4.69) is 228 Å². The van der Waals surface area contributed by atoms with Gasteiger partial charge in [0.2, 0.25) is 0 Å². The summed E-state index contributed by atoms with van der Waals surface area (Å²) in [7, 11) is 0. The molecule has 0 amide bonds. The van der Waals surface area contributed by atoms with Gasteiger partial charge in [-0.25, -0.2) is 0 Å². The standard InChI is InChI=1S/C54H40N2/c1-5-13-45-35-51(31-23-41(45)9-1)55(52-32-24-42-10-2-6-14-46(42)36-52)49-27-19-39(20-28-49)17-18-40-21-29-50(30-22-40)56(53-33-25-43-11-3-7-15-47(43)37-53)54-34-26-44-12-4-8-16-48(44)38-54/h1-3,5-7,9-38H,4,8H2. The summed E-state index contributed by atoms with van der Waals surface area (Å²) in [5, 5.41) is 10.0. The fourth-order valence-electron chi connectivity index (χ4n) is 8.04. The summed E-state index contributed by atoms with van der Waals surface area (Å²) < 4.78 is 0.